The minimum Gasteiger partial charge on any atom is -0.300 e. The Labute approximate surface area is 99.0 Å². The largest absolute Gasteiger partial charge is 0.300 e. The van der Waals surface area contributed by atoms with E-state index in [2.05, 4.69) is 4.90 Å². The molecule has 0 amide bonds. The van der Waals surface area contributed by atoms with Gasteiger partial charge in [0, 0.05) is 53.3 Å². The minimum absolute atomic E-state index is 0.461. The minimum atomic E-state index is -0.568. The molecule has 90 valence electrons. The van der Waals surface area contributed by atoms with E-state index in [1.54, 1.807) is 0 Å². The average molecular weight is 241 g/mol. The molecule has 3 aliphatic heterocycles. The highest BCUT2D eigenvalue weighted by atomic mass is 32.2. The molecule has 3 saturated heterocycles. The second kappa shape index (κ2) is 4.22. The van der Waals surface area contributed by atoms with Crippen LogP contribution in [0.3, 0.4) is 0 Å². The quantitative estimate of drug-likeness (QED) is 0.690. The van der Waals surface area contributed by atoms with Gasteiger partial charge < -0.3 is 0 Å². The van der Waals surface area contributed by atoms with Crippen molar-refractivity contribution < 1.29 is 9.00 Å². The average Bonchev–Trinajstić information content (AvgIpc) is 2.54. The smallest absolute Gasteiger partial charge is 0.136 e. The van der Waals surface area contributed by atoms with Gasteiger partial charge in [-0.2, -0.15) is 0 Å². The van der Waals surface area contributed by atoms with Gasteiger partial charge >= 0.3 is 0 Å². The van der Waals surface area contributed by atoms with Crippen LogP contribution in [0.2, 0.25) is 0 Å². The molecule has 3 fully saturated rings. The normalized spacial score (nSPS) is 44.9. The van der Waals surface area contributed by atoms with Gasteiger partial charge in [-0.1, -0.05) is 0 Å². The molecule has 3 heterocycles. The van der Waals surface area contributed by atoms with Crippen molar-refractivity contribution >= 4 is 16.6 Å². The number of fused-ring (bicyclic) bond motifs is 2. The first kappa shape index (κ1) is 10.9. The van der Waals surface area contributed by atoms with Crippen LogP contribution in [0.25, 0.3) is 0 Å². The molecular formula is C12H19NO2S. The molecule has 16 heavy (non-hydrogen) atoms. The molecule has 2 bridgehead atoms. The van der Waals surface area contributed by atoms with E-state index in [0.717, 1.165) is 37.2 Å². The lowest BCUT2D eigenvalue weighted by Gasteiger charge is -2.41. The fourth-order valence-corrected chi connectivity index (χ4v) is 4.95. The van der Waals surface area contributed by atoms with Crippen molar-refractivity contribution in [2.45, 2.75) is 56.7 Å². The molecule has 0 spiro atoms. The standard InChI is InChI=1S/C12H19NO2S/c14-12-7-10-1-2-11(8-12)13(10)9-3-5-16(15)6-4-9/h9-11H,1-8H2. The summed E-state index contributed by atoms with van der Waals surface area (Å²) < 4.78 is 11.4. The molecular weight excluding hydrogens is 222 g/mol. The maximum atomic E-state index is 11.5. The van der Waals surface area contributed by atoms with Gasteiger partial charge in [-0.3, -0.25) is 13.9 Å². The van der Waals surface area contributed by atoms with Crippen LogP contribution in [0, 0.1) is 0 Å². The maximum absolute atomic E-state index is 11.5. The summed E-state index contributed by atoms with van der Waals surface area (Å²) in [7, 11) is -0.568. The number of piperidine rings is 1. The van der Waals surface area contributed by atoms with Crippen molar-refractivity contribution in [2.75, 3.05) is 11.5 Å². The van der Waals surface area contributed by atoms with E-state index in [-0.39, 0.29) is 0 Å². The van der Waals surface area contributed by atoms with Gasteiger partial charge in [-0.25, -0.2) is 0 Å². The predicted octanol–water partition coefficient (Wildman–Crippen LogP) is 1.09. The molecule has 0 aromatic carbocycles. The molecule has 0 saturated carbocycles. The van der Waals surface area contributed by atoms with Crippen LogP contribution in [0.1, 0.15) is 38.5 Å². The lowest BCUT2D eigenvalue weighted by atomic mass is 9.97. The van der Waals surface area contributed by atoms with Gasteiger partial charge in [-0.05, 0) is 25.7 Å². The summed E-state index contributed by atoms with van der Waals surface area (Å²) in [6, 6.07) is 1.65. The molecule has 3 aliphatic rings. The molecule has 0 radical (unpaired) electrons. The summed E-state index contributed by atoms with van der Waals surface area (Å²) in [5.74, 6) is 2.20. The van der Waals surface area contributed by atoms with Crippen LogP contribution >= 0.6 is 0 Å². The second-order valence-electron chi connectivity index (χ2n) is 5.36. The van der Waals surface area contributed by atoms with E-state index in [0.29, 0.717) is 23.9 Å². The Morgan fingerprint density at radius 1 is 0.938 bits per heavy atom. The second-order valence-corrected chi connectivity index (χ2v) is 7.05. The third-order valence-corrected chi connectivity index (χ3v) is 5.76. The van der Waals surface area contributed by atoms with Crippen molar-refractivity contribution in [1.29, 1.82) is 0 Å². The van der Waals surface area contributed by atoms with Gasteiger partial charge in [0.25, 0.3) is 0 Å². The van der Waals surface area contributed by atoms with Crippen LogP contribution < -0.4 is 0 Å². The fourth-order valence-electron chi connectivity index (χ4n) is 3.68. The van der Waals surface area contributed by atoms with Crippen molar-refractivity contribution in [1.82, 2.24) is 4.90 Å². The van der Waals surface area contributed by atoms with Crippen LogP contribution in [-0.2, 0) is 15.6 Å². The van der Waals surface area contributed by atoms with Gasteiger partial charge in [0.15, 0.2) is 0 Å². The highest BCUT2D eigenvalue weighted by Gasteiger charge is 2.43. The van der Waals surface area contributed by atoms with E-state index < -0.39 is 10.8 Å². The molecule has 0 aromatic rings. The number of carbonyl (C=O) groups excluding carboxylic acids is 1. The predicted molar refractivity (Wildman–Crippen MR) is 63.8 cm³/mol. The number of nitrogens with zero attached hydrogens (tertiary/aromatic N) is 1. The van der Waals surface area contributed by atoms with E-state index in [4.69, 9.17) is 0 Å². The van der Waals surface area contributed by atoms with Gasteiger partial charge in [0.1, 0.15) is 5.78 Å². The maximum Gasteiger partial charge on any atom is 0.136 e. The zero-order valence-corrected chi connectivity index (χ0v) is 10.4. The first-order chi connectivity index (χ1) is 7.74. The summed E-state index contributed by atoms with van der Waals surface area (Å²) >= 11 is 0. The molecule has 3 nitrogen and oxygen atoms in total. The molecule has 4 heteroatoms. The SMILES string of the molecule is O=C1CC2CCC(C1)N2C1CCS(=O)CC1. The number of carbonyl (C=O) groups is 1. The lowest BCUT2D eigenvalue weighted by molar-refractivity contribution is -0.124. The first-order valence-electron chi connectivity index (χ1n) is 6.38. The first-order valence-corrected chi connectivity index (χ1v) is 7.87. The Hall–Kier alpha value is -0.220. The number of Topliss-reactive ketones (excluding diaryl/α,β-unsaturated/α-hetero) is 1. The molecule has 2 unspecified atom stereocenters. The number of hydrogen-bond acceptors (Lipinski definition) is 3. The Balaban J connectivity index is 1.71. The Morgan fingerprint density at radius 2 is 1.50 bits per heavy atom. The van der Waals surface area contributed by atoms with Crippen molar-refractivity contribution in [3.8, 4) is 0 Å². The van der Waals surface area contributed by atoms with Gasteiger partial charge in [0.05, 0.1) is 0 Å². The van der Waals surface area contributed by atoms with E-state index in [1.165, 1.54) is 12.8 Å². The number of hydrogen-bond donors (Lipinski definition) is 0. The van der Waals surface area contributed by atoms with E-state index in [9.17, 15) is 9.00 Å². The summed E-state index contributed by atoms with van der Waals surface area (Å²) in [4.78, 5) is 14.1. The Bertz CT molecular complexity index is 305. The van der Waals surface area contributed by atoms with Crippen LogP contribution in [-0.4, -0.2) is 44.5 Å². The molecule has 0 aliphatic carbocycles. The van der Waals surface area contributed by atoms with E-state index >= 15 is 0 Å². The highest BCUT2D eigenvalue weighted by molar-refractivity contribution is 7.85. The zero-order chi connectivity index (χ0) is 11.1. The summed E-state index contributed by atoms with van der Waals surface area (Å²) in [5.41, 5.74) is 0. The summed E-state index contributed by atoms with van der Waals surface area (Å²) in [6.45, 7) is 0. The summed E-state index contributed by atoms with van der Waals surface area (Å²) in [6.07, 6.45) is 6.11. The molecule has 0 aromatic heterocycles. The summed E-state index contributed by atoms with van der Waals surface area (Å²) in [5, 5.41) is 0. The van der Waals surface area contributed by atoms with Crippen LogP contribution in [0.15, 0.2) is 0 Å². The van der Waals surface area contributed by atoms with Crippen molar-refractivity contribution in [2.24, 2.45) is 0 Å². The van der Waals surface area contributed by atoms with Gasteiger partial charge in [-0.15, -0.1) is 0 Å². The zero-order valence-electron chi connectivity index (χ0n) is 9.56. The van der Waals surface area contributed by atoms with Gasteiger partial charge in [0.2, 0.25) is 0 Å². The topological polar surface area (TPSA) is 37.4 Å². The number of rotatable bonds is 1. The third kappa shape index (κ3) is 1.86. The molecule has 2 atom stereocenters. The van der Waals surface area contributed by atoms with Crippen LogP contribution in [0.5, 0.6) is 0 Å². The van der Waals surface area contributed by atoms with Crippen molar-refractivity contribution in [3.05, 3.63) is 0 Å². The van der Waals surface area contributed by atoms with Crippen LogP contribution in [0.4, 0.5) is 0 Å². The Morgan fingerprint density at radius 3 is 2.06 bits per heavy atom. The number of ketones is 1. The highest BCUT2D eigenvalue weighted by Crippen LogP contribution is 2.37. The third-order valence-electron chi connectivity index (χ3n) is 4.38. The monoisotopic (exact) mass is 241 g/mol. The van der Waals surface area contributed by atoms with E-state index in [1.807, 2.05) is 0 Å². The fraction of sp³-hybridized carbons (Fsp3) is 0.917. The Kier molecular flexibility index (Phi) is 2.88. The lowest BCUT2D eigenvalue weighted by Crippen LogP contribution is -2.51. The molecule has 3 rings (SSSR count). The molecule has 0 N–H and O–H groups in total. The van der Waals surface area contributed by atoms with Crippen molar-refractivity contribution in [3.63, 3.8) is 0 Å².